The molecule has 0 bridgehead atoms. The zero-order chi connectivity index (χ0) is 15.9. The second-order valence-corrected chi connectivity index (χ2v) is 5.16. The lowest BCUT2D eigenvalue weighted by molar-refractivity contribution is -0.117. The van der Waals surface area contributed by atoms with Crippen LogP contribution in [0.1, 0.15) is 15.9 Å². The van der Waals surface area contributed by atoms with Crippen LogP contribution in [-0.4, -0.2) is 11.8 Å². The molecular weight excluding hydrogens is 323 g/mol. The predicted molar refractivity (Wildman–Crippen MR) is 87.5 cm³/mol. The molecule has 0 unspecified atom stereocenters. The Hall–Kier alpha value is -2.30. The first-order valence-corrected chi connectivity index (χ1v) is 7.10. The summed E-state index contributed by atoms with van der Waals surface area (Å²) in [5, 5.41) is 0.887. The van der Waals surface area contributed by atoms with Gasteiger partial charge in [-0.3, -0.25) is 20.4 Å². The lowest BCUT2D eigenvalue weighted by Gasteiger charge is -2.06. The first-order chi connectivity index (χ1) is 10.6. The van der Waals surface area contributed by atoms with Crippen molar-refractivity contribution in [2.24, 2.45) is 0 Å². The molecule has 0 saturated carbocycles. The van der Waals surface area contributed by atoms with Gasteiger partial charge < -0.3 is 0 Å². The topological polar surface area (TPSA) is 58.2 Å². The average molecular weight is 335 g/mol. The highest BCUT2D eigenvalue weighted by Gasteiger charge is 2.09. The van der Waals surface area contributed by atoms with Gasteiger partial charge in [0, 0.05) is 11.1 Å². The molecule has 0 aliphatic rings. The van der Waals surface area contributed by atoms with Crippen LogP contribution in [0.15, 0.2) is 54.6 Å². The number of benzene rings is 2. The summed E-state index contributed by atoms with van der Waals surface area (Å²) >= 11 is 11.7. The van der Waals surface area contributed by atoms with Gasteiger partial charge in [-0.05, 0) is 35.9 Å². The maximum Gasteiger partial charge on any atom is 0.271 e. The molecule has 2 amide bonds. The Morgan fingerprint density at radius 1 is 0.955 bits per heavy atom. The summed E-state index contributed by atoms with van der Waals surface area (Å²) in [6, 6.07) is 13.6. The summed E-state index contributed by atoms with van der Waals surface area (Å²) in [5.74, 6) is -0.963. The van der Waals surface area contributed by atoms with Crippen molar-refractivity contribution < 1.29 is 9.59 Å². The molecule has 0 radical (unpaired) electrons. The zero-order valence-electron chi connectivity index (χ0n) is 11.3. The van der Waals surface area contributed by atoms with Crippen molar-refractivity contribution in [3.05, 3.63) is 75.8 Å². The van der Waals surface area contributed by atoms with Crippen molar-refractivity contribution in [1.82, 2.24) is 10.9 Å². The lowest BCUT2D eigenvalue weighted by Crippen LogP contribution is -2.40. The van der Waals surface area contributed by atoms with Gasteiger partial charge in [0.25, 0.3) is 11.8 Å². The number of hydrazine groups is 1. The summed E-state index contributed by atoms with van der Waals surface area (Å²) < 4.78 is 0. The molecule has 6 heteroatoms. The van der Waals surface area contributed by atoms with E-state index in [0.29, 0.717) is 10.0 Å². The van der Waals surface area contributed by atoms with Crippen molar-refractivity contribution in [3.8, 4) is 0 Å². The Morgan fingerprint density at radius 3 is 2.45 bits per heavy atom. The lowest BCUT2D eigenvalue weighted by atomic mass is 10.2. The number of nitrogens with one attached hydrogen (secondary N) is 2. The Labute approximate surface area is 137 Å². The van der Waals surface area contributed by atoms with Gasteiger partial charge in [-0.15, -0.1) is 0 Å². The van der Waals surface area contributed by atoms with Gasteiger partial charge in [0.05, 0.1) is 10.6 Å². The molecule has 0 heterocycles. The van der Waals surface area contributed by atoms with E-state index in [1.807, 2.05) is 0 Å². The van der Waals surface area contributed by atoms with Gasteiger partial charge in [0.1, 0.15) is 0 Å². The number of carbonyl (C=O) groups is 2. The minimum atomic E-state index is -0.491. The van der Waals surface area contributed by atoms with Crippen molar-refractivity contribution in [2.45, 2.75) is 0 Å². The largest absolute Gasteiger partial charge is 0.271 e. The maximum atomic E-state index is 11.8. The molecule has 0 spiro atoms. The number of rotatable bonds is 3. The van der Waals surface area contributed by atoms with E-state index in [2.05, 4.69) is 10.9 Å². The molecule has 0 atom stereocenters. The molecule has 4 nitrogen and oxygen atoms in total. The van der Waals surface area contributed by atoms with E-state index < -0.39 is 11.8 Å². The quantitative estimate of drug-likeness (QED) is 0.667. The molecule has 0 saturated heterocycles. The number of hydrogen-bond acceptors (Lipinski definition) is 2. The van der Waals surface area contributed by atoms with Crippen LogP contribution in [0, 0.1) is 0 Å². The maximum absolute atomic E-state index is 11.8. The number of carbonyl (C=O) groups excluding carboxylic acids is 2. The smallest absolute Gasteiger partial charge is 0.268 e. The Kier molecular flexibility index (Phi) is 5.58. The van der Waals surface area contributed by atoms with E-state index in [0.717, 1.165) is 5.56 Å². The first kappa shape index (κ1) is 16.1. The highest BCUT2D eigenvalue weighted by atomic mass is 35.5. The number of amides is 2. The minimum absolute atomic E-state index is 0.281. The second-order valence-electron chi connectivity index (χ2n) is 4.31. The predicted octanol–water partition coefficient (Wildman–Crippen LogP) is 3.47. The standard InChI is InChI=1S/C16H12Cl2N2O2/c17-12-5-3-4-11(10-12)8-9-15(21)19-20-16(22)13-6-1-2-7-14(13)18/h1-10H,(H,19,21)(H,20,22)/b9-8+. The third-order valence-corrected chi connectivity index (χ3v) is 3.26. The molecule has 0 fully saturated rings. The molecule has 2 rings (SSSR count). The first-order valence-electron chi connectivity index (χ1n) is 6.35. The molecule has 2 aromatic carbocycles. The van der Waals surface area contributed by atoms with Gasteiger partial charge in [-0.1, -0.05) is 47.5 Å². The van der Waals surface area contributed by atoms with Crippen molar-refractivity contribution in [1.29, 1.82) is 0 Å². The van der Waals surface area contributed by atoms with Gasteiger partial charge in [-0.2, -0.15) is 0 Å². The average Bonchev–Trinajstić information content (AvgIpc) is 2.51. The van der Waals surface area contributed by atoms with Crippen LogP contribution < -0.4 is 10.9 Å². The third kappa shape index (κ3) is 4.62. The van der Waals surface area contributed by atoms with E-state index in [1.165, 1.54) is 6.08 Å². The Morgan fingerprint density at radius 2 is 1.73 bits per heavy atom. The molecule has 22 heavy (non-hydrogen) atoms. The van der Waals surface area contributed by atoms with Gasteiger partial charge in [0.15, 0.2) is 0 Å². The van der Waals surface area contributed by atoms with Crippen LogP contribution in [0.3, 0.4) is 0 Å². The SMILES string of the molecule is O=C(/C=C/c1cccc(Cl)c1)NNC(=O)c1ccccc1Cl. The van der Waals surface area contributed by atoms with E-state index in [9.17, 15) is 9.59 Å². The van der Waals surface area contributed by atoms with Crippen LogP contribution in [0.25, 0.3) is 6.08 Å². The molecule has 0 aromatic heterocycles. The van der Waals surface area contributed by atoms with Crippen LogP contribution in [0.5, 0.6) is 0 Å². The highest BCUT2D eigenvalue weighted by molar-refractivity contribution is 6.33. The van der Waals surface area contributed by atoms with E-state index in [1.54, 1.807) is 54.6 Å². The van der Waals surface area contributed by atoms with Crippen LogP contribution in [0.4, 0.5) is 0 Å². The Balaban J connectivity index is 1.90. The fourth-order valence-corrected chi connectivity index (χ4v) is 2.08. The van der Waals surface area contributed by atoms with Crippen molar-refractivity contribution >= 4 is 41.1 Å². The highest BCUT2D eigenvalue weighted by Crippen LogP contribution is 2.14. The minimum Gasteiger partial charge on any atom is -0.268 e. The number of hydrogen-bond donors (Lipinski definition) is 2. The van der Waals surface area contributed by atoms with Crippen LogP contribution >= 0.6 is 23.2 Å². The molecule has 0 aliphatic heterocycles. The molecule has 112 valence electrons. The van der Waals surface area contributed by atoms with Gasteiger partial charge in [0.2, 0.25) is 0 Å². The normalized spacial score (nSPS) is 10.5. The van der Waals surface area contributed by atoms with Crippen LogP contribution in [0.2, 0.25) is 10.0 Å². The third-order valence-electron chi connectivity index (χ3n) is 2.69. The van der Waals surface area contributed by atoms with E-state index in [-0.39, 0.29) is 5.56 Å². The Bertz CT molecular complexity index is 730. The molecule has 2 N–H and O–H groups in total. The molecule has 2 aromatic rings. The fraction of sp³-hybridized carbons (Fsp3) is 0. The summed E-state index contributed by atoms with van der Waals surface area (Å²) in [6.45, 7) is 0. The van der Waals surface area contributed by atoms with E-state index in [4.69, 9.17) is 23.2 Å². The molecular formula is C16H12Cl2N2O2. The molecule has 0 aliphatic carbocycles. The van der Waals surface area contributed by atoms with Crippen molar-refractivity contribution in [3.63, 3.8) is 0 Å². The summed E-state index contributed by atoms with van der Waals surface area (Å²) in [7, 11) is 0. The summed E-state index contributed by atoms with van der Waals surface area (Å²) in [4.78, 5) is 23.5. The van der Waals surface area contributed by atoms with Crippen LogP contribution in [-0.2, 0) is 4.79 Å². The summed E-state index contributed by atoms with van der Waals surface area (Å²) in [6.07, 6.45) is 2.88. The zero-order valence-corrected chi connectivity index (χ0v) is 12.9. The second kappa shape index (κ2) is 7.64. The van der Waals surface area contributed by atoms with E-state index >= 15 is 0 Å². The number of halogens is 2. The monoisotopic (exact) mass is 334 g/mol. The fourth-order valence-electron chi connectivity index (χ4n) is 1.65. The van der Waals surface area contributed by atoms with Gasteiger partial charge in [-0.25, -0.2) is 0 Å². The van der Waals surface area contributed by atoms with Crippen molar-refractivity contribution in [2.75, 3.05) is 0 Å². The summed E-state index contributed by atoms with van der Waals surface area (Å²) in [5.41, 5.74) is 5.62. The van der Waals surface area contributed by atoms with Gasteiger partial charge >= 0.3 is 0 Å².